The highest BCUT2D eigenvalue weighted by molar-refractivity contribution is 7.17. The van der Waals surface area contributed by atoms with Crippen molar-refractivity contribution in [3.63, 3.8) is 0 Å². The number of rotatable bonds is 4. The number of nitrogens with one attached hydrogen (secondary N) is 1. The molecule has 134 valence electrons. The Labute approximate surface area is 154 Å². The van der Waals surface area contributed by atoms with Gasteiger partial charge in [-0.3, -0.25) is 4.79 Å². The summed E-state index contributed by atoms with van der Waals surface area (Å²) >= 11 is 1.47. The maximum atomic E-state index is 12.8. The molecular formula is C18H18N4O3S. The lowest BCUT2D eigenvalue weighted by Gasteiger charge is -2.12. The number of carbonyl (C=O) groups excluding carboxylic acids is 2. The first-order valence-corrected chi connectivity index (χ1v) is 9.42. The largest absolute Gasteiger partial charge is 0.462 e. The normalized spacial score (nSPS) is 13.4. The standard InChI is InChI=1S/C18H18N4O3S/c1-2-25-18(24)14-11-6-3-4-7-13(11)26-17(14)21-16(23)12-10-20-22-9-5-8-19-15(12)22/h5,8-10H,2-4,6-7H2,1H3,(H,21,23). The molecule has 0 unspecified atom stereocenters. The van der Waals surface area contributed by atoms with Crippen molar-refractivity contribution in [1.82, 2.24) is 14.6 Å². The van der Waals surface area contributed by atoms with E-state index in [0.717, 1.165) is 36.1 Å². The lowest BCUT2D eigenvalue weighted by molar-refractivity contribution is 0.0526. The molecule has 0 spiro atoms. The zero-order valence-corrected chi connectivity index (χ0v) is 15.1. The topological polar surface area (TPSA) is 85.6 Å². The Bertz CT molecular complexity index is 992. The Morgan fingerprint density at radius 1 is 1.35 bits per heavy atom. The van der Waals surface area contributed by atoms with E-state index in [-0.39, 0.29) is 11.9 Å². The molecule has 7 nitrogen and oxygen atoms in total. The number of thiophene rings is 1. The SMILES string of the molecule is CCOC(=O)c1c(NC(=O)c2cnn3cccnc23)sc2c1CCCC2. The van der Waals surface area contributed by atoms with Crippen molar-refractivity contribution in [2.75, 3.05) is 11.9 Å². The monoisotopic (exact) mass is 370 g/mol. The maximum absolute atomic E-state index is 12.8. The third kappa shape index (κ3) is 2.86. The van der Waals surface area contributed by atoms with Crippen molar-refractivity contribution in [2.24, 2.45) is 0 Å². The van der Waals surface area contributed by atoms with Crippen molar-refractivity contribution in [3.8, 4) is 0 Å². The lowest BCUT2D eigenvalue weighted by Crippen LogP contribution is -2.15. The van der Waals surface area contributed by atoms with Crippen LogP contribution in [-0.2, 0) is 17.6 Å². The van der Waals surface area contributed by atoms with Gasteiger partial charge in [-0.1, -0.05) is 0 Å². The summed E-state index contributed by atoms with van der Waals surface area (Å²) < 4.78 is 6.77. The summed E-state index contributed by atoms with van der Waals surface area (Å²) in [6, 6.07) is 1.74. The van der Waals surface area contributed by atoms with Gasteiger partial charge in [0.25, 0.3) is 5.91 Å². The second kappa shape index (κ2) is 6.87. The minimum Gasteiger partial charge on any atom is -0.462 e. The lowest BCUT2D eigenvalue weighted by atomic mass is 9.95. The van der Waals surface area contributed by atoms with Crippen molar-refractivity contribution in [2.45, 2.75) is 32.6 Å². The highest BCUT2D eigenvalue weighted by Crippen LogP contribution is 2.38. The van der Waals surface area contributed by atoms with E-state index in [0.29, 0.717) is 28.4 Å². The van der Waals surface area contributed by atoms with Gasteiger partial charge in [-0.05, 0) is 44.2 Å². The van der Waals surface area contributed by atoms with E-state index in [1.807, 2.05) is 0 Å². The summed E-state index contributed by atoms with van der Waals surface area (Å²) in [5.41, 5.74) is 2.37. The summed E-state index contributed by atoms with van der Waals surface area (Å²) in [6.45, 7) is 2.08. The van der Waals surface area contributed by atoms with Crippen LogP contribution in [-0.4, -0.2) is 33.1 Å². The Balaban J connectivity index is 1.70. The number of anilines is 1. The zero-order valence-electron chi connectivity index (χ0n) is 14.3. The Kier molecular flexibility index (Phi) is 4.42. The van der Waals surface area contributed by atoms with Crippen molar-refractivity contribution < 1.29 is 14.3 Å². The summed E-state index contributed by atoms with van der Waals surface area (Å²) in [5.74, 6) is -0.706. The zero-order chi connectivity index (χ0) is 18.1. The molecule has 26 heavy (non-hydrogen) atoms. The summed E-state index contributed by atoms with van der Waals surface area (Å²) in [7, 11) is 0. The van der Waals surface area contributed by atoms with Gasteiger partial charge in [-0.25, -0.2) is 14.3 Å². The predicted octanol–water partition coefficient (Wildman–Crippen LogP) is 3.10. The van der Waals surface area contributed by atoms with E-state index >= 15 is 0 Å². The molecule has 3 aromatic heterocycles. The molecule has 0 atom stereocenters. The maximum Gasteiger partial charge on any atom is 0.341 e. The molecule has 0 saturated carbocycles. The average Bonchev–Trinajstić information content (AvgIpc) is 3.23. The van der Waals surface area contributed by atoms with Gasteiger partial charge in [0, 0.05) is 17.3 Å². The van der Waals surface area contributed by atoms with Crippen LogP contribution >= 0.6 is 11.3 Å². The van der Waals surface area contributed by atoms with E-state index in [9.17, 15) is 9.59 Å². The number of hydrogen-bond acceptors (Lipinski definition) is 6. The first kappa shape index (κ1) is 16.7. The van der Waals surface area contributed by atoms with E-state index < -0.39 is 0 Å². The number of nitrogens with zero attached hydrogens (tertiary/aromatic N) is 3. The smallest absolute Gasteiger partial charge is 0.341 e. The number of carbonyl (C=O) groups is 2. The van der Waals surface area contributed by atoms with Gasteiger partial charge in [0.05, 0.1) is 18.4 Å². The molecule has 0 aromatic carbocycles. The van der Waals surface area contributed by atoms with Crippen molar-refractivity contribution in [1.29, 1.82) is 0 Å². The van der Waals surface area contributed by atoms with Crippen LogP contribution < -0.4 is 5.32 Å². The van der Waals surface area contributed by atoms with Crippen LogP contribution in [0.25, 0.3) is 5.65 Å². The van der Waals surface area contributed by atoms with Crippen molar-refractivity contribution in [3.05, 3.63) is 46.2 Å². The number of amides is 1. The number of hydrogen-bond donors (Lipinski definition) is 1. The molecule has 3 heterocycles. The van der Waals surface area contributed by atoms with Crippen LogP contribution in [0.2, 0.25) is 0 Å². The molecule has 1 aliphatic carbocycles. The summed E-state index contributed by atoms with van der Waals surface area (Å²) in [4.78, 5) is 30.6. The first-order valence-electron chi connectivity index (χ1n) is 8.60. The Hall–Kier alpha value is -2.74. The number of ether oxygens (including phenoxy) is 1. The van der Waals surface area contributed by atoms with E-state index in [1.54, 1.807) is 29.9 Å². The fraction of sp³-hybridized carbons (Fsp3) is 0.333. The van der Waals surface area contributed by atoms with Crippen LogP contribution in [0.4, 0.5) is 5.00 Å². The molecule has 0 saturated heterocycles. The molecule has 3 aromatic rings. The molecule has 8 heteroatoms. The predicted molar refractivity (Wildman–Crippen MR) is 97.9 cm³/mol. The number of fused-ring (bicyclic) bond motifs is 2. The minimum atomic E-state index is -0.375. The third-order valence-electron chi connectivity index (χ3n) is 4.40. The molecule has 0 radical (unpaired) electrons. The van der Waals surface area contributed by atoms with Crippen LogP contribution in [0, 0.1) is 0 Å². The molecule has 0 fully saturated rings. The van der Waals surface area contributed by atoms with Gasteiger partial charge < -0.3 is 10.1 Å². The number of aryl methyl sites for hydroxylation is 1. The van der Waals surface area contributed by atoms with E-state index in [1.165, 1.54) is 17.5 Å². The van der Waals surface area contributed by atoms with Gasteiger partial charge in [0.1, 0.15) is 10.6 Å². The van der Waals surface area contributed by atoms with Crippen LogP contribution in [0.15, 0.2) is 24.7 Å². The van der Waals surface area contributed by atoms with E-state index in [2.05, 4.69) is 15.4 Å². The van der Waals surface area contributed by atoms with E-state index in [4.69, 9.17) is 4.74 Å². The van der Waals surface area contributed by atoms with Crippen LogP contribution in [0.3, 0.4) is 0 Å². The molecule has 1 aliphatic rings. The molecule has 0 aliphatic heterocycles. The minimum absolute atomic E-state index is 0.300. The van der Waals surface area contributed by atoms with Gasteiger partial charge in [0.2, 0.25) is 0 Å². The second-order valence-electron chi connectivity index (χ2n) is 6.04. The van der Waals surface area contributed by atoms with Gasteiger partial charge in [-0.15, -0.1) is 11.3 Å². The highest BCUT2D eigenvalue weighted by Gasteiger charge is 2.28. The molecule has 1 N–H and O–H groups in total. The van der Waals surface area contributed by atoms with Crippen molar-refractivity contribution >= 4 is 33.9 Å². The fourth-order valence-corrected chi connectivity index (χ4v) is 4.50. The summed E-state index contributed by atoms with van der Waals surface area (Å²) in [6.07, 6.45) is 8.74. The Morgan fingerprint density at radius 3 is 3.04 bits per heavy atom. The number of esters is 1. The average molecular weight is 370 g/mol. The fourth-order valence-electron chi connectivity index (χ4n) is 3.23. The molecular weight excluding hydrogens is 352 g/mol. The first-order chi connectivity index (χ1) is 12.7. The highest BCUT2D eigenvalue weighted by atomic mass is 32.1. The van der Waals surface area contributed by atoms with Crippen LogP contribution in [0.1, 0.15) is 50.9 Å². The number of aromatic nitrogens is 3. The van der Waals surface area contributed by atoms with Gasteiger partial charge in [-0.2, -0.15) is 5.10 Å². The van der Waals surface area contributed by atoms with Gasteiger partial charge in [0.15, 0.2) is 5.65 Å². The summed E-state index contributed by atoms with van der Waals surface area (Å²) in [5, 5.41) is 7.58. The molecule has 1 amide bonds. The second-order valence-corrected chi connectivity index (χ2v) is 7.14. The molecule has 0 bridgehead atoms. The Morgan fingerprint density at radius 2 is 2.19 bits per heavy atom. The molecule has 4 rings (SSSR count). The van der Waals surface area contributed by atoms with Crippen LogP contribution in [0.5, 0.6) is 0 Å². The van der Waals surface area contributed by atoms with Gasteiger partial charge >= 0.3 is 5.97 Å². The third-order valence-corrected chi connectivity index (χ3v) is 5.61. The quantitative estimate of drug-likeness (QED) is 0.713.